The third-order valence-corrected chi connectivity index (χ3v) is 8.95. The monoisotopic (exact) mass is 600 g/mol. The van der Waals surface area contributed by atoms with Crippen LogP contribution in [0.5, 0.6) is 0 Å². The highest BCUT2D eigenvalue weighted by molar-refractivity contribution is 6.29. The first-order valence-electron chi connectivity index (χ1n) is 14.6. The van der Waals surface area contributed by atoms with E-state index in [0.29, 0.717) is 49.9 Å². The number of esters is 2. The van der Waals surface area contributed by atoms with E-state index in [1.54, 1.807) is 12.1 Å². The van der Waals surface area contributed by atoms with Crippen molar-refractivity contribution >= 4 is 57.9 Å². The number of ether oxygens (including phenoxy) is 2. The number of carbonyl (C=O) groups excluding carboxylic acids is 4. The number of hydrogen-bond acceptors (Lipinski definition) is 8. The average molecular weight is 601 g/mol. The summed E-state index contributed by atoms with van der Waals surface area (Å²) < 4.78 is 11.7. The van der Waals surface area contributed by atoms with Gasteiger partial charge in [0.15, 0.2) is 0 Å². The van der Waals surface area contributed by atoms with Gasteiger partial charge in [-0.3, -0.25) is 9.59 Å². The number of H-pyrrole nitrogens is 2. The van der Waals surface area contributed by atoms with Crippen LogP contribution in [0, 0.1) is 0 Å². The molecule has 0 fully saturated rings. The molecular weight excluding hydrogens is 564 g/mol. The van der Waals surface area contributed by atoms with Crippen molar-refractivity contribution in [3.05, 3.63) is 58.9 Å². The second-order valence-electron chi connectivity index (χ2n) is 12.0. The minimum atomic E-state index is -1.05. The maximum Gasteiger partial charge on any atom is 0.418 e. The third kappa shape index (κ3) is 5.42. The first kappa shape index (κ1) is 29.4. The molecule has 0 spiro atoms. The molecule has 0 saturated heterocycles. The predicted octanol–water partition coefficient (Wildman–Crippen LogP) is 3.41. The molecule has 2 amide bonds. The molecule has 2 heterocycles. The van der Waals surface area contributed by atoms with Gasteiger partial charge >= 0.3 is 11.9 Å². The van der Waals surface area contributed by atoms with E-state index in [4.69, 9.17) is 9.47 Å². The van der Waals surface area contributed by atoms with E-state index < -0.39 is 24.1 Å². The number of carbonyl (C=O) groups is 4. The Morgan fingerprint density at radius 1 is 0.727 bits per heavy atom. The number of amides is 2. The summed E-state index contributed by atoms with van der Waals surface area (Å²) in [6.45, 7) is 0. The van der Waals surface area contributed by atoms with Gasteiger partial charge in [0, 0.05) is 58.1 Å². The van der Waals surface area contributed by atoms with Crippen molar-refractivity contribution < 1.29 is 28.7 Å². The maximum absolute atomic E-state index is 13.3. The second kappa shape index (κ2) is 11.8. The number of hydrogen-bond donors (Lipinski definition) is 4. The molecule has 2 aliphatic carbocycles. The molecule has 44 heavy (non-hydrogen) atoms. The Labute approximate surface area is 254 Å². The number of nitrogens with one attached hydrogen (secondary N) is 4. The van der Waals surface area contributed by atoms with Gasteiger partial charge in [-0.1, -0.05) is 0 Å². The van der Waals surface area contributed by atoms with Crippen molar-refractivity contribution in [2.24, 2.45) is 0 Å². The van der Waals surface area contributed by atoms with Crippen molar-refractivity contribution in [1.82, 2.24) is 19.8 Å². The first-order valence-corrected chi connectivity index (χ1v) is 14.6. The fourth-order valence-electron chi connectivity index (χ4n) is 6.57. The van der Waals surface area contributed by atoms with Crippen LogP contribution in [-0.4, -0.2) is 84.8 Å². The van der Waals surface area contributed by atoms with E-state index >= 15 is 0 Å². The summed E-state index contributed by atoms with van der Waals surface area (Å²) in [7, 11) is 7.88. The van der Waals surface area contributed by atoms with E-state index in [-0.39, 0.29) is 12.1 Å². The van der Waals surface area contributed by atoms with Crippen LogP contribution >= 0.6 is 0 Å². The Balaban J connectivity index is 1.26. The number of anilines is 2. The summed E-state index contributed by atoms with van der Waals surface area (Å²) in [4.78, 5) is 59.6. The minimum Gasteiger partial charge on any atom is -0.447 e. The zero-order valence-corrected chi connectivity index (χ0v) is 25.1. The fraction of sp³-hybridized carbons (Fsp3) is 0.375. The van der Waals surface area contributed by atoms with E-state index in [1.807, 2.05) is 52.5 Å². The highest BCUT2D eigenvalue weighted by Crippen LogP contribution is 2.41. The molecule has 230 valence electrons. The summed E-state index contributed by atoms with van der Waals surface area (Å²) in [5.74, 6) is -2.10. The SMILES string of the molecule is CN(C)C1Cc2c([nH]c3ccc(NC=O)cc23)C(OC(=O)C(=O)OC2CC(N(C)C)Cc3c2[nH]c2ccc(NC=O)cc32)C1. The zero-order chi connectivity index (χ0) is 31.1. The molecule has 12 heteroatoms. The molecule has 6 rings (SSSR count). The normalized spacial score (nSPS) is 21.1. The highest BCUT2D eigenvalue weighted by atomic mass is 16.6. The number of rotatable bonds is 8. The molecule has 0 bridgehead atoms. The van der Waals surface area contributed by atoms with Crippen LogP contribution in [0.4, 0.5) is 11.4 Å². The molecule has 4 unspecified atom stereocenters. The van der Waals surface area contributed by atoms with Crippen LogP contribution in [-0.2, 0) is 41.5 Å². The molecule has 2 aliphatic rings. The number of aromatic nitrogens is 2. The van der Waals surface area contributed by atoms with Crippen LogP contribution in [0.3, 0.4) is 0 Å². The van der Waals surface area contributed by atoms with Gasteiger partial charge in [0.25, 0.3) is 0 Å². The van der Waals surface area contributed by atoms with Crippen molar-refractivity contribution in [3.8, 4) is 0 Å². The van der Waals surface area contributed by atoms with E-state index in [2.05, 4.69) is 30.4 Å². The maximum atomic E-state index is 13.3. The number of aromatic amines is 2. The molecule has 0 radical (unpaired) electrons. The zero-order valence-electron chi connectivity index (χ0n) is 25.1. The second-order valence-corrected chi connectivity index (χ2v) is 12.0. The molecule has 4 N–H and O–H groups in total. The van der Waals surface area contributed by atoms with E-state index in [0.717, 1.165) is 44.3 Å². The lowest BCUT2D eigenvalue weighted by Crippen LogP contribution is -2.38. The van der Waals surface area contributed by atoms with Gasteiger partial charge in [0.05, 0.1) is 11.4 Å². The van der Waals surface area contributed by atoms with Gasteiger partial charge in [0.2, 0.25) is 12.8 Å². The van der Waals surface area contributed by atoms with E-state index in [9.17, 15) is 19.2 Å². The van der Waals surface area contributed by atoms with Gasteiger partial charge in [-0.05, 0) is 88.6 Å². The fourth-order valence-corrected chi connectivity index (χ4v) is 6.57. The molecule has 2 aromatic carbocycles. The van der Waals surface area contributed by atoms with Crippen LogP contribution < -0.4 is 10.6 Å². The summed E-state index contributed by atoms with van der Waals surface area (Å²) in [5.41, 5.74) is 6.48. The number of benzene rings is 2. The number of likely N-dealkylation sites (N-methyl/N-ethyl adjacent to an activating group) is 2. The average Bonchev–Trinajstić information content (AvgIpc) is 3.55. The van der Waals surface area contributed by atoms with Gasteiger partial charge in [-0.15, -0.1) is 0 Å². The van der Waals surface area contributed by atoms with E-state index in [1.165, 1.54) is 0 Å². The Morgan fingerprint density at radius 3 is 1.50 bits per heavy atom. The Bertz CT molecular complexity index is 1630. The molecule has 12 nitrogen and oxygen atoms in total. The van der Waals surface area contributed by atoms with Crippen molar-refractivity contribution in [3.63, 3.8) is 0 Å². The standard InChI is InChI=1S/C32H36N6O6/c1-37(2)19-11-23-21-9-17(33-15-39)5-7-25(21)35-29(23)27(13-19)43-31(41)32(42)44-28-14-20(38(3)4)12-24-22-10-18(34-16-40)6-8-26(22)36-30(24)28/h5-10,15-16,19-20,27-28,35-36H,11-14H2,1-4H3,(H,33,39)(H,34,40). The molecule has 4 aromatic rings. The summed E-state index contributed by atoms with van der Waals surface area (Å²) in [6, 6.07) is 11.2. The van der Waals surface area contributed by atoms with Crippen molar-refractivity contribution in [1.29, 1.82) is 0 Å². The van der Waals surface area contributed by atoms with Crippen molar-refractivity contribution in [2.75, 3.05) is 38.8 Å². The lowest BCUT2D eigenvalue weighted by molar-refractivity contribution is -0.176. The first-order chi connectivity index (χ1) is 21.2. The molecule has 0 saturated carbocycles. The minimum absolute atomic E-state index is 0.0599. The Morgan fingerprint density at radius 2 is 1.14 bits per heavy atom. The van der Waals surface area contributed by atoms with Crippen LogP contribution in [0.2, 0.25) is 0 Å². The lowest BCUT2D eigenvalue weighted by Gasteiger charge is -2.34. The quantitative estimate of drug-likeness (QED) is 0.137. The van der Waals surface area contributed by atoms with Crippen LogP contribution in [0.15, 0.2) is 36.4 Å². The summed E-state index contributed by atoms with van der Waals surface area (Å²) >= 11 is 0. The Kier molecular flexibility index (Phi) is 7.87. The summed E-state index contributed by atoms with van der Waals surface area (Å²) in [6.07, 6.45) is 2.32. The third-order valence-electron chi connectivity index (χ3n) is 8.95. The summed E-state index contributed by atoms with van der Waals surface area (Å²) in [5, 5.41) is 7.23. The van der Waals surface area contributed by atoms with Crippen molar-refractivity contribution in [2.45, 2.75) is 50.0 Å². The molecular formula is C32H36N6O6. The van der Waals surface area contributed by atoms with Gasteiger partial charge in [-0.2, -0.15) is 0 Å². The molecule has 2 aromatic heterocycles. The van der Waals surface area contributed by atoms with Gasteiger partial charge in [0.1, 0.15) is 12.2 Å². The number of fused-ring (bicyclic) bond motifs is 6. The number of nitrogens with zero attached hydrogens (tertiary/aromatic N) is 2. The lowest BCUT2D eigenvalue weighted by atomic mass is 9.88. The molecule has 4 atom stereocenters. The Hall–Kier alpha value is -4.68. The van der Waals surface area contributed by atoms with Gasteiger partial charge in [-0.25, -0.2) is 9.59 Å². The smallest absolute Gasteiger partial charge is 0.418 e. The molecule has 0 aliphatic heterocycles. The van der Waals surface area contributed by atoms with Crippen LogP contribution in [0.25, 0.3) is 21.8 Å². The largest absolute Gasteiger partial charge is 0.447 e. The predicted molar refractivity (Wildman–Crippen MR) is 165 cm³/mol. The van der Waals surface area contributed by atoms with Gasteiger partial charge < -0.3 is 39.9 Å². The topological polar surface area (TPSA) is 149 Å². The van der Waals surface area contributed by atoms with Crippen LogP contribution in [0.1, 0.15) is 47.6 Å². The highest BCUT2D eigenvalue weighted by Gasteiger charge is 2.38.